The van der Waals surface area contributed by atoms with Gasteiger partial charge in [-0.3, -0.25) is 0 Å². The fraction of sp³-hybridized carbons (Fsp3) is 0.400. The van der Waals surface area contributed by atoms with Gasteiger partial charge in [-0.05, 0) is 12.6 Å². The Morgan fingerprint density at radius 3 is 2.50 bits per heavy atom. The molecule has 0 aliphatic carbocycles. The van der Waals surface area contributed by atoms with Crippen LogP contribution in [-0.4, -0.2) is 20.7 Å². The zero-order valence-electron chi connectivity index (χ0n) is 7.58. The molecule has 0 amide bonds. The maximum Gasteiger partial charge on any atom is 0.0945 e. The number of benzene rings is 1. The number of ether oxygens (including phenoxy) is 1. The van der Waals surface area contributed by atoms with Crippen molar-refractivity contribution in [3.05, 3.63) is 35.9 Å². The molecule has 0 fully saturated rings. The van der Waals surface area contributed by atoms with Crippen molar-refractivity contribution in [3.8, 4) is 0 Å². The van der Waals surface area contributed by atoms with Gasteiger partial charge in [-0.2, -0.15) is 0 Å². The summed E-state index contributed by atoms with van der Waals surface area (Å²) in [5.74, 6) is 0. The van der Waals surface area contributed by atoms with Gasteiger partial charge in [0.05, 0.1) is 6.10 Å². The normalized spacial score (nSPS) is 12.8. The highest BCUT2D eigenvalue weighted by molar-refractivity contribution is 5.17. The minimum absolute atomic E-state index is 0.163. The molecule has 0 radical (unpaired) electrons. The molecule has 0 heterocycles. The van der Waals surface area contributed by atoms with Gasteiger partial charge in [-0.15, -0.1) is 0 Å². The van der Waals surface area contributed by atoms with Gasteiger partial charge in [0.1, 0.15) is 0 Å². The maximum absolute atomic E-state index is 5.31. The van der Waals surface area contributed by atoms with E-state index in [0.29, 0.717) is 0 Å². The van der Waals surface area contributed by atoms with E-state index in [1.165, 1.54) is 5.56 Å². The monoisotopic (exact) mass is 165 g/mol. The number of likely N-dealkylation sites (N-methyl/N-ethyl adjacent to an activating group) is 1. The highest BCUT2D eigenvalue weighted by Crippen LogP contribution is 2.14. The molecule has 0 aliphatic heterocycles. The van der Waals surface area contributed by atoms with Gasteiger partial charge in [0, 0.05) is 13.7 Å². The molecule has 1 aromatic rings. The standard InChI is InChI=1S/C10H15NO/c1-11-8-10(12-2)9-6-4-3-5-7-9/h3-7,10-11H,8H2,1-2H3. The van der Waals surface area contributed by atoms with Crippen LogP contribution in [0.3, 0.4) is 0 Å². The zero-order valence-corrected chi connectivity index (χ0v) is 7.58. The van der Waals surface area contributed by atoms with Gasteiger partial charge in [-0.1, -0.05) is 30.3 Å². The molecule has 0 aromatic heterocycles. The molecule has 1 aromatic carbocycles. The van der Waals surface area contributed by atoms with Crippen LogP contribution in [0.2, 0.25) is 0 Å². The predicted molar refractivity (Wildman–Crippen MR) is 50.1 cm³/mol. The summed E-state index contributed by atoms with van der Waals surface area (Å²) in [5.41, 5.74) is 1.22. The molecule has 0 bridgehead atoms. The van der Waals surface area contributed by atoms with Crippen molar-refractivity contribution in [2.24, 2.45) is 0 Å². The van der Waals surface area contributed by atoms with Gasteiger partial charge in [0.25, 0.3) is 0 Å². The van der Waals surface area contributed by atoms with Gasteiger partial charge in [-0.25, -0.2) is 0 Å². The Balaban J connectivity index is 2.66. The van der Waals surface area contributed by atoms with Crippen LogP contribution in [0, 0.1) is 0 Å². The van der Waals surface area contributed by atoms with E-state index in [2.05, 4.69) is 17.4 Å². The summed E-state index contributed by atoms with van der Waals surface area (Å²) < 4.78 is 5.31. The fourth-order valence-electron chi connectivity index (χ4n) is 1.19. The first kappa shape index (κ1) is 9.23. The lowest BCUT2D eigenvalue weighted by molar-refractivity contribution is 0.104. The molecular formula is C10H15NO. The van der Waals surface area contributed by atoms with Gasteiger partial charge < -0.3 is 10.1 Å². The van der Waals surface area contributed by atoms with E-state index in [9.17, 15) is 0 Å². The number of hydrogen-bond acceptors (Lipinski definition) is 2. The zero-order chi connectivity index (χ0) is 8.81. The highest BCUT2D eigenvalue weighted by atomic mass is 16.5. The van der Waals surface area contributed by atoms with E-state index >= 15 is 0 Å². The van der Waals surface area contributed by atoms with Crippen molar-refractivity contribution in [2.45, 2.75) is 6.10 Å². The lowest BCUT2D eigenvalue weighted by Crippen LogP contribution is -2.18. The van der Waals surface area contributed by atoms with Gasteiger partial charge in [0.15, 0.2) is 0 Å². The summed E-state index contributed by atoms with van der Waals surface area (Å²) in [6.07, 6.45) is 0.163. The van der Waals surface area contributed by atoms with E-state index in [1.807, 2.05) is 25.2 Å². The Kier molecular flexibility index (Phi) is 3.77. The van der Waals surface area contributed by atoms with Crippen LogP contribution in [0.4, 0.5) is 0 Å². The lowest BCUT2D eigenvalue weighted by Gasteiger charge is -2.14. The Hall–Kier alpha value is -0.860. The number of nitrogens with one attached hydrogen (secondary N) is 1. The minimum Gasteiger partial charge on any atom is -0.375 e. The fourth-order valence-corrected chi connectivity index (χ4v) is 1.19. The summed E-state index contributed by atoms with van der Waals surface area (Å²) in [6.45, 7) is 0.848. The Bertz CT molecular complexity index is 210. The Labute approximate surface area is 73.6 Å². The Morgan fingerprint density at radius 1 is 1.33 bits per heavy atom. The molecule has 1 N–H and O–H groups in total. The first-order chi connectivity index (χ1) is 5.88. The molecule has 1 atom stereocenters. The summed E-state index contributed by atoms with van der Waals surface area (Å²) in [5, 5.41) is 3.09. The van der Waals surface area contributed by atoms with Crippen LogP contribution in [0.15, 0.2) is 30.3 Å². The number of methoxy groups -OCH3 is 1. The summed E-state index contributed by atoms with van der Waals surface area (Å²) in [4.78, 5) is 0. The average molecular weight is 165 g/mol. The largest absolute Gasteiger partial charge is 0.375 e. The van der Waals surface area contributed by atoms with E-state index in [-0.39, 0.29) is 6.10 Å². The second-order valence-corrected chi connectivity index (χ2v) is 2.69. The third-order valence-corrected chi connectivity index (χ3v) is 1.85. The van der Waals surface area contributed by atoms with Crippen molar-refractivity contribution in [3.63, 3.8) is 0 Å². The van der Waals surface area contributed by atoms with E-state index in [1.54, 1.807) is 7.11 Å². The van der Waals surface area contributed by atoms with E-state index < -0.39 is 0 Å². The minimum atomic E-state index is 0.163. The summed E-state index contributed by atoms with van der Waals surface area (Å²) in [6, 6.07) is 10.2. The summed E-state index contributed by atoms with van der Waals surface area (Å²) >= 11 is 0. The lowest BCUT2D eigenvalue weighted by atomic mass is 10.1. The van der Waals surface area contributed by atoms with Crippen LogP contribution >= 0.6 is 0 Å². The Morgan fingerprint density at radius 2 is 2.00 bits per heavy atom. The van der Waals surface area contributed by atoms with Crippen molar-refractivity contribution < 1.29 is 4.74 Å². The third kappa shape index (κ3) is 2.32. The first-order valence-corrected chi connectivity index (χ1v) is 4.11. The second kappa shape index (κ2) is 4.91. The molecule has 2 heteroatoms. The third-order valence-electron chi connectivity index (χ3n) is 1.85. The smallest absolute Gasteiger partial charge is 0.0945 e. The van der Waals surface area contributed by atoms with Crippen LogP contribution in [0.25, 0.3) is 0 Å². The molecule has 66 valence electrons. The van der Waals surface area contributed by atoms with E-state index in [4.69, 9.17) is 4.74 Å². The van der Waals surface area contributed by atoms with Crippen LogP contribution in [0.1, 0.15) is 11.7 Å². The first-order valence-electron chi connectivity index (χ1n) is 4.11. The summed E-state index contributed by atoms with van der Waals surface area (Å²) in [7, 11) is 3.66. The van der Waals surface area contributed by atoms with Crippen molar-refractivity contribution in [1.82, 2.24) is 5.32 Å². The predicted octanol–water partition coefficient (Wildman–Crippen LogP) is 1.59. The highest BCUT2D eigenvalue weighted by Gasteiger charge is 2.06. The van der Waals surface area contributed by atoms with E-state index in [0.717, 1.165) is 6.54 Å². The molecular weight excluding hydrogens is 150 g/mol. The second-order valence-electron chi connectivity index (χ2n) is 2.69. The van der Waals surface area contributed by atoms with Gasteiger partial charge in [0.2, 0.25) is 0 Å². The van der Waals surface area contributed by atoms with Crippen LogP contribution < -0.4 is 5.32 Å². The quantitative estimate of drug-likeness (QED) is 0.731. The van der Waals surface area contributed by atoms with Crippen LogP contribution in [0.5, 0.6) is 0 Å². The van der Waals surface area contributed by atoms with Crippen molar-refractivity contribution in [2.75, 3.05) is 20.7 Å². The van der Waals surface area contributed by atoms with Crippen molar-refractivity contribution >= 4 is 0 Å². The molecule has 0 aliphatic rings. The molecule has 1 rings (SSSR count). The van der Waals surface area contributed by atoms with Gasteiger partial charge >= 0.3 is 0 Å². The molecule has 0 saturated carbocycles. The molecule has 1 unspecified atom stereocenters. The molecule has 0 spiro atoms. The molecule has 0 saturated heterocycles. The average Bonchev–Trinajstić information content (AvgIpc) is 2.15. The molecule has 12 heavy (non-hydrogen) atoms. The topological polar surface area (TPSA) is 21.3 Å². The van der Waals surface area contributed by atoms with Crippen LogP contribution in [-0.2, 0) is 4.74 Å². The number of rotatable bonds is 4. The van der Waals surface area contributed by atoms with Crippen molar-refractivity contribution in [1.29, 1.82) is 0 Å². The molecule has 2 nitrogen and oxygen atoms in total. The number of hydrogen-bond donors (Lipinski definition) is 1. The SMILES string of the molecule is CNCC(OC)c1ccccc1. The maximum atomic E-state index is 5.31.